The highest BCUT2D eigenvalue weighted by atomic mass is 28.6. The van der Waals surface area contributed by atoms with Crippen LogP contribution in [-0.4, -0.2) is 70.4 Å². The second-order valence-corrected chi connectivity index (χ2v) is 59.1. The maximum Gasteiger partial charge on any atom is 0.484 e. The molecule has 6 heterocycles. The molecule has 0 unspecified atom stereocenters. The fourth-order valence-corrected chi connectivity index (χ4v) is 72.5. The van der Waals surface area contributed by atoms with Crippen molar-refractivity contribution >= 4 is 70.4 Å². The molecular formula is C56H120O12Si8. The van der Waals surface area contributed by atoms with E-state index in [0.717, 1.165) is 154 Å². The van der Waals surface area contributed by atoms with Crippen LogP contribution in [0.15, 0.2) is 0 Å². The summed E-state index contributed by atoms with van der Waals surface area (Å²) in [5.41, 5.74) is 0. The van der Waals surface area contributed by atoms with E-state index in [2.05, 4.69) is 166 Å². The predicted octanol–water partition coefficient (Wildman–Crippen LogP) is 19.5. The van der Waals surface area contributed by atoms with Gasteiger partial charge in [0.15, 0.2) is 0 Å². The molecule has 20 heteroatoms. The molecule has 0 aromatic rings. The molecule has 0 spiro atoms. The third-order valence-electron chi connectivity index (χ3n) is 19.1. The van der Waals surface area contributed by atoms with E-state index >= 15 is 0 Å². The Morgan fingerprint density at radius 1 is 0.171 bits per heavy atom. The summed E-state index contributed by atoms with van der Waals surface area (Å²) in [7, 11) is -35.7. The molecular weight excluding hydrogens is 1090 g/mol. The van der Waals surface area contributed by atoms with Crippen LogP contribution in [0.3, 0.4) is 0 Å². The van der Waals surface area contributed by atoms with Gasteiger partial charge in [-0.3, -0.25) is 0 Å². The molecule has 0 amide bonds. The molecule has 6 saturated heterocycles. The minimum absolute atomic E-state index is 0.734. The van der Waals surface area contributed by atoms with Crippen molar-refractivity contribution in [2.24, 2.45) is 0 Å². The normalized spacial score (nSPS) is 33.8. The van der Waals surface area contributed by atoms with Crippen molar-refractivity contribution in [3.63, 3.8) is 0 Å². The average Bonchev–Trinajstić information content (AvgIpc) is 3.29. The van der Waals surface area contributed by atoms with E-state index in [-0.39, 0.29) is 0 Å². The number of rotatable bonds is 32. The fourth-order valence-electron chi connectivity index (χ4n) is 12.1. The Hall–Kier alpha value is 1.26. The average molecular weight is 1210 g/mol. The van der Waals surface area contributed by atoms with Gasteiger partial charge in [0.1, 0.15) is 0 Å². The quantitative estimate of drug-likeness (QED) is 0.0598. The third-order valence-corrected chi connectivity index (χ3v) is 60.2. The van der Waals surface area contributed by atoms with Crippen LogP contribution >= 0.6 is 0 Å². The van der Waals surface area contributed by atoms with Crippen molar-refractivity contribution in [3.05, 3.63) is 0 Å². The zero-order valence-corrected chi connectivity index (χ0v) is 61.9. The fraction of sp³-hybridized carbons (Fsp3) is 1.00. The second-order valence-electron chi connectivity index (χ2n) is 29.6. The van der Waals surface area contributed by atoms with Crippen molar-refractivity contribution in [2.45, 2.75) is 361 Å². The number of hydrogen-bond acceptors (Lipinski definition) is 12. The molecule has 0 aliphatic carbocycles. The van der Waals surface area contributed by atoms with Crippen LogP contribution in [0, 0.1) is 0 Å². The van der Waals surface area contributed by atoms with Crippen LogP contribution in [0.25, 0.3) is 0 Å². The van der Waals surface area contributed by atoms with E-state index in [1.54, 1.807) is 0 Å². The Morgan fingerprint density at radius 3 is 0.316 bits per heavy atom. The van der Waals surface area contributed by atoms with Gasteiger partial charge in [0.25, 0.3) is 0 Å². The van der Waals surface area contributed by atoms with Crippen molar-refractivity contribution in [2.75, 3.05) is 0 Å². The van der Waals surface area contributed by atoms with E-state index in [1.165, 1.54) is 0 Å². The standard InChI is InChI=1S/C56H120O12Si8/c1-25-33-41-49(9,10)69-57-70(50(11,12)42-34-26-2)60-73(53(17,18)45-37-29-5)62-71(58-69,51(13,14)43-35-27-3)64-75(55(21,22)47-39-31-7)65-72(59-69,52(15,16)44-36-28-4)63-74(61-70,54(19,20)46-38-30-6)67-76(66-73,68-75)56(23,24)48-40-32-8/h25-48H2,1-24H3. The summed E-state index contributed by atoms with van der Waals surface area (Å²) in [5, 5.41) is -5.88. The highest BCUT2D eigenvalue weighted by molar-refractivity contribution is 7.06. The molecule has 8 bridgehead atoms. The van der Waals surface area contributed by atoms with Gasteiger partial charge in [0, 0.05) is 40.3 Å². The third kappa shape index (κ3) is 12.1. The monoisotopic (exact) mass is 1210 g/mol. The molecule has 0 atom stereocenters. The molecule has 6 aliphatic heterocycles. The van der Waals surface area contributed by atoms with Crippen LogP contribution in [0.5, 0.6) is 0 Å². The summed E-state index contributed by atoms with van der Waals surface area (Å²) >= 11 is 0. The lowest BCUT2D eigenvalue weighted by Gasteiger charge is -2.72. The Labute approximate surface area is 477 Å². The lowest BCUT2D eigenvalue weighted by molar-refractivity contribution is -0.0713. The van der Waals surface area contributed by atoms with Gasteiger partial charge >= 0.3 is 70.4 Å². The molecule has 6 fully saturated rings. The van der Waals surface area contributed by atoms with Gasteiger partial charge in [0.2, 0.25) is 0 Å². The topological polar surface area (TPSA) is 111 Å². The van der Waals surface area contributed by atoms with Crippen LogP contribution in [0.2, 0.25) is 40.3 Å². The molecule has 6 rings (SSSR count). The molecule has 0 aromatic carbocycles. The smallest absolute Gasteiger partial charge is 0.373 e. The molecule has 0 saturated carbocycles. The van der Waals surface area contributed by atoms with Crippen LogP contribution in [0.1, 0.15) is 320 Å². The number of unbranched alkanes of at least 4 members (excludes halogenated alkanes) is 8. The summed E-state index contributed by atoms with van der Waals surface area (Å²) in [6.07, 6.45) is 21.5. The maximum atomic E-state index is 8.86. The van der Waals surface area contributed by atoms with Gasteiger partial charge in [-0.05, 0) is 51.4 Å². The van der Waals surface area contributed by atoms with Crippen LogP contribution < -0.4 is 0 Å². The SMILES string of the molecule is CCCCC(C)(C)[Si]12O[Si]3(C(C)(C)CCCC)O[Si]4(C(C)(C)CCCC)O[Si](C(C)(C)CCCC)(O1)O[Si]1(C(C)(C)CCCC)O[Si](C(C)(C)CCCC)(O2)O[Si](C(C)(C)CCCC)(O3)O[Si](C(C)(C)CCCC)(O4)O1. The minimum Gasteiger partial charge on any atom is -0.373 e. The van der Waals surface area contributed by atoms with Gasteiger partial charge in [-0.15, -0.1) is 0 Å². The molecule has 448 valence electrons. The summed E-state index contributed by atoms with van der Waals surface area (Å²) in [6.45, 7) is 55.4. The summed E-state index contributed by atoms with van der Waals surface area (Å²) < 4.78 is 106. The Morgan fingerprint density at radius 2 is 0.250 bits per heavy atom. The highest BCUT2D eigenvalue weighted by Gasteiger charge is 2.93. The second kappa shape index (κ2) is 24.3. The van der Waals surface area contributed by atoms with Gasteiger partial charge < -0.3 is 49.4 Å². The first-order valence-corrected chi connectivity index (χ1v) is 45.2. The number of hydrogen-bond donors (Lipinski definition) is 0. The Balaban J connectivity index is 2.30. The predicted molar refractivity (Wildman–Crippen MR) is 328 cm³/mol. The molecule has 76 heavy (non-hydrogen) atoms. The summed E-state index contributed by atoms with van der Waals surface area (Å²) in [4.78, 5) is 0. The zero-order chi connectivity index (χ0) is 57.5. The van der Waals surface area contributed by atoms with Gasteiger partial charge in [-0.1, -0.05) is 269 Å². The maximum absolute atomic E-state index is 8.86. The molecule has 0 radical (unpaired) electrons. The molecule has 0 aromatic heterocycles. The van der Waals surface area contributed by atoms with E-state index in [1.807, 2.05) is 0 Å². The van der Waals surface area contributed by atoms with E-state index in [0.29, 0.717) is 0 Å². The molecule has 0 N–H and O–H groups in total. The van der Waals surface area contributed by atoms with E-state index < -0.39 is 111 Å². The van der Waals surface area contributed by atoms with E-state index in [9.17, 15) is 0 Å². The lowest BCUT2D eigenvalue weighted by atomic mass is 10.1. The van der Waals surface area contributed by atoms with Crippen molar-refractivity contribution < 1.29 is 49.4 Å². The largest absolute Gasteiger partial charge is 0.484 e. The lowest BCUT2D eigenvalue weighted by Crippen LogP contribution is -2.94. The first kappa shape index (κ1) is 68.0. The minimum atomic E-state index is -4.46. The summed E-state index contributed by atoms with van der Waals surface area (Å²) in [5.74, 6) is 0. The van der Waals surface area contributed by atoms with E-state index in [4.69, 9.17) is 49.4 Å². The van der Waals surface area contributed by atoms with Crippen molar-refractivity contribution in [1.29, 1.82) is 0 Å². The van der Waals surface area contributed by atoms with Crippen LogP contribution in [-0.2, 0) is 49.4 Å². The first-order valence-electron chi connectivity index (χ1n) is 31.4. The molecule has 6 aliphatic rings. The van der Waals surface area contributed by atoms with Crippen molar-refractivity contribution in [1.82, 2.24) is 0 Å². The Bertz CT molecular complexity index is 1430. The van der Waals surface area contributed by atoms with Crippen LogP contribution in [0.4, 0.5) is 0 Å². The van der Waals surface area contributed by atoms with Gasteiger partial charge in [-0.2, -0.15) is 0 Å². The Kier molecular flexibility index (Phi) is 21.8. The zero-order valence-electron chi connectivity index (χ0n) is 53.9. The summed E-state index contributed by atoms with van der Waals surface area (Å²) in [6, 6.07) is 0. The van der Waals surface area contributed by atoms with Gasteiger partial charge in [0.05, 0.1) is 0 Å². The first-order chi connectivity index (χ1) is 35.0. The van der Waals surface area contributed by atoms with Crippen molar-refractivity contribution in [3.8, 4) is 0 Å². The molecule has 12 nitrogen and oxygen atoms in total. The highest BCUT2D eigenvalue weighted by Crippen LogP contribution is 2.72. The van der Waals surface area contributed by atoms with Gasteiger partial charge in [-0.25, -0.2) is 0 Å².